The maximum absolute atomic E-state index is 14.3. The number of ether oxygens (including phenoxy) is 1. The highest BCUT2D eigenvalue weighted by Crippen LogP contribution is 2.27. The van der Waals surface area contributed by atoms with Crippen LogP contribution in [0.25, 0.3) is 0 Å². The third-order valence-corrected chi connectivity index (χ3v) is 5.10. The van der Waals surface area contributed by atoms with Crippen molar-refractivity contribution in [2.24, 2.45) is 5.73 Å². The van der Waals surface area contributed by atoms with E-state index < -0.39 is 18.0 Å². The Morgan fingerprint density at radius 2 is 1.91 bits per heavy atom. The molecule has 1 amide bonds. The fourth-order valence-corrected chi connectivity index (χ4v) is 3.26. The normalized spacial score (nSPS) is 13.5. The molecule has 184 valence electrons. The van der Waals surface area contributed by atoms with Gasteiger partial charge in [0.25, 0.3) is 5.91 Å². The van der Waals surface area contributed by atoms with Gasteiger partial charge in [-0.3, -0.25) is 4.79 Å². The lowest BCUT2D eigenvalue weighted by Crippen LogP contribution is -2.36. The molecule has 2 aromatic rings. The first-order valence-corrected chi connectivity index (χ1v) is 10.1. The van der Waals surface area contributed by atoms with Gasteiger partial charge in [0.1, 0.15) is 6.61 Å². The standard InChI is InChI=1S/C20H19ClF2N2O2.C2HF3O2/c21-17-3-1-2-15-11-25(7-6-16(15)17)20(26)14-4-5-19(18(23)8-14)27-12-13(9-22)10-24;3-2(4,5)1(6)7/h1-5,8-9H,6-7,10-12,24H2;(H,6,7)/b13-9-;. The number of carboxylic acid groups (broad SMARTS) is 1. The first kappa shape index (κ1) is 27.1. The molecule has 0 radical (unpaired) electrons. The number of rotatable bonds is 5. The van der Waals surface area contributed by atoms with Crippen molar-refractivity contribution in [3.05, 3.63) is 75.8 Å². The van der Waals surface area contributed by atoms with Crippen molar-refractivity contribution in [3.63, 3.8) is 0 Å². The fourth-order valence-electron chi connectivity index (χ4n) is 2.98. The summed E-state index contributed by atoms with van der Waals surface area (Å²) in [4.78, 5) is 23.3. The first-order chi connectivity index (χ1) is 16.0. The van der Waals surface area contributed by atoms with E-state index in [4.69, 9.17) is 32.0 Å². The van der Waals surface area contributed by atoms with Crippen LogP contribution in [0.1, 0.15) is 21.5 Å². The minimum atomic E-state index is -5.08. The molecule has 0 aliphatic carbocycles. The minimum absolute atomic E-state index is 0.0187. The third kappa shape index (κ3) is 7.16. The van der Waals surface area contributed by atoms with Gasteiger partial charge in [-0.1, -0.05) is 23.7 Å². The molecule has 0 aromatic heterocycles. The van der Waals surface area contributed by atoms with Gasteiger partial charge in [0.15, 0.2) is 11.6 Å². The maximum atomic E-state index is 14.3. The van der Waals surface area contributed by atoms with Crippen molar-refractivity contribution in [3.8, 4) is 5.75 Å². The minimum Gasteiger partial charge on any atom is -0.486 e. The molecule has 3 N–H and O–H groups in total. The molecular formula is C22H20ClF5N2O4. The summed E-state index contributed by atoms with van der Waals surface area (Å²) in [6.45, 7) is 0.766. The average molecular weight is 507 g/mol. The molecular weight excluding hydrogens is 487 g/mol. The highest BCUT2D eigenvalue weighted by Gasteiger charge is 2.38. The van der Waals surface area contributed by atoms with Crippen molar-refractivity contribution in [1.82, 2.24) is 4.90 Å². The van der Waals surface area contributed by atoms with Gasteiger partial charge in [0, 0.05) is 35.8 Å². The number of carboxylic acids is 1. The summed E-state index contributed by atoms with van der Waals surface area (Å²) >= 11 is 6.20. The molecule has 0 bridgehead atoms. The van der Waals surface area contributed by atoms with Crippen LogP contribution in [0.3, 0.4) is 0 Å². The van der Waals surface area contributed by atoms with Crippen LogP contribution < -0.4 is 10.5 Å². The Morgan fingerprint density at radius 3 is 2.47 bits per heavy atom. The van der Waals surface area contributed by atoms with E-state index in [0.29, 0.717) is 30.9 Å². The van der Waals surface area contributed by atoms with Gasteiger partial charge in [0.2, 0.25) is 0 Å². The van der Waals surface area contributed by atoms with Crippen LogP contribution in [0, 0.1) is 5.82 Å². The van der Waals surface area contributed by atoms with Crippen molar-refractivity contribution in [2.45, 2.75) is 19.1 Å². The zero-order valence-electron chi connectivity index (χ0n) is 17.5. The highest BCUT2D eigenvalue weighted by molar-refractivity contribution is 6.31. The number of alkyl halides is 3. The van der Waals surface area contributed by atoms with Crippen molar-refractivity contribution in [1.29, 1.82) is 0 Å². The highest BCUT2D eigenvalue weighted by atomic mass is 35.5. The number of hydrogen-bond acceptors (Lipinski definition) is 4. The van der Waals surface area contributed by atoms with Crippen molar-refractivity contribution < 1.29 is 41.4 Å². The van der Waals surface area contributed by atoms with Gasteiger partial charge >= 0.3 is 12.1 Å². The summed E-state index contributed by atoms with van der Waals surface area (Å²) in [6.07, 6.45) is -4.09. The monoisotopic (exact) mass is 506 g/mol. The molecule has 0 atom stereocenters. The molecule has 2 aromatic carbocycles. The Balaban J connectivity index is 0.000000509. The number of nitrogens with two attached hydrogens (primary N) is 1. The molecule has 0 fully saturated rings. The molecule has 6 nitrogen and oxygen atoms in total. The van der Waals surface area contributed by atoms with E-state index in [1.54, 1.807) is 4.90 Å². The van der Waals surface area contributed by atoms with Gasteiger partial charge in [-0.25, -0.2) is 13.6 Å². The Bertz CT molecular complexity index is 1080. The largest absolute Gasteiger partial charge is 0.490 e. The van der Waals surface area contributed by atoms with Crippen LogP contribution in [-0.4, -0.2) is 47.8 Å². The maximum Gasteiger partial charge on any atom is 0.490 e. The summed E-state index contributed by atoms with van der Waals surface area (Å²) in [5.41, 5.74) is 7.82. The number of hydrogen-bond donors (Lipinski definition) is 2. The van der Waals surface area contributed by atoms with Gasteiger partial charge in [-0.15, -0.1) is 0 Å². The van der Waals surface area contributed by atoms with Crippen LogP contribution in [0.15, 0.2) is 48.3 Å². The number of nitrogens with zero attached hydrogens (tertiary/aromatic N) is 1. The number of fused-ring (bicyclic) bond motifs is 1. The lowest BCUT2D eigenvalue weighted by atomic mass is 9.99. The molecule has 0 saturated heterocycles. The number of amides is 1. The van der Waals surface area contributed by atoms with Crippen LogP contribution in [0.4, 0.5) is 22.0 Å². The molecule has 1 aliphatic heterocycles. The lowest BCUT2D eigenvalue weighted by molar-refractivity contribution is -0.192. The van der Waals surface area contributed by atoms with E-state index in [1.807, 2.05) is 18.2 Å². The van der Waals surface area contributed by atoms with E-state index in [2.05, 4.69) is 0 Å². The summed E-state index contributed by atoms with van der Waals surface area (Å²) in [6, 6.07) is 9.61. The van der Waals surface area contributed by atoms with Crippen LogP contribution in [0.2, 0.25) is 5.02 Å². The topological polar surface area (TPSA) is 92.9 Å². The van der Waals surface area contributed by atoms with Gasteiger partial charge in [0.05, 0.1) is 6.33 Å². The number of aliphatic carboxylic acids is 1. The summed E-state index contributed by atoms with van der Waals surface area (Å²) in [5.74, 6) is -3.77. The van der Waals surface area contributed by atoms with E-state index in [0.717, 1.165) is 17.2 Å². The number of halogens is 6. The molecule has 1 heterocycles. The zero-order chi connectivity index (χ0) is 25.5. The number of carbonyl (C=O) groups is 2. The average Bonchev–Trinajstić information content (AvgIpc) is 2.79. The third-order valence-electron chi connectivity index (χ3n) is 4.75. The Morgan fingerprint density at radius 1 is 1.24 bits per heavy atom. The predicted molar refractivity (Wildman–Crippen MR) is 114 cm³/mol. The lowest BCUT2D eigenvalue weighted by Gasteiger charge is -2.29. The summed E-state index contributed by atoms with van der Waals surface area (Å²) in [7, 11) is 0. The molecule has 34 heavy (non-hydrogen) atoms. The molecule has 0 unspecified atom stereocenters. The molecule has 0 saturated carbocycles. The summed E-state index contributed by atoms with van der Waals surface area (Å²) in [5, 5.41) is 7.83. The van der Waals surface area contributed by atoms with Crippen molar-refractivity contribution in [2.75, 3.05) is 19.7 Å². The number of benzene rings is 2. The van der Waals surface area contributed by atoms with Crippen LogP contribution in [0.5, 0.6) is 5.75 Å². The van der Waals surface area contributed by atoms with Crippen LogP contribution >= 0.6 is 11.6 Å². The Hall–Kier alpha value is -3.18. The van der Waals surface area contributed by atoms with E-state index in [1.165, 1.54) is 12.1 Å². The van der Waals surface area contributed by atoms with E-state index in [-0.39, 0.29) is 35.9 Å². The Kier molecular flexibility index (Phi) is 9.39. The molecule has 0 spiro atoms. The molecule has 12 heteroatoms. The zero-order valence-corrected chi connectivity index (χ0v) is 18.3. The van der Waals surface area contributed by atoms with Crippen molar-refractivity contribution >= 4 is 23.5 Å². The fraction of sp³-hybridized carbons (Fsp3) is 0.273. The van der Waals surface area contributed by atoms with Gasteiger partial charge in [-0.2, -0.15) is 13.2 Å². The van der Waals surface area contributed by atoms with Gasteiger partial charge in [-0.05, 0) is 41.8 Å². The second kappa shape index (κ2) is 11.8. The van der Waals surface area contributed by atoms with Crippen LogP contribution in [-0.2, 0) is 17.8 Å². The number of carbonyl (C=O) groups excluding carboxylic acids is 1. The van der Waals surface area contributed by atoms with Gasteiger partial charge < -0.3 is 20.5 Å². The second-order valence-corrected chi connectivity index (χ2v) is 7.47. The Labute approximate surface area is 196 Å². The smallest absolute Gasteiger partial charge is 0.486 e. The van der Waals surface area contributed by atoms with E-state index in [9.17, 15) is 26.7 Å². The molecule has 3 rings (SSSR count). The SMILES string of the molecule is NC/C(=C/F)COc1ccc(C(=O)N2CCc3c(Cl)cccc3C2)cc1F.O=C(O)C(F)(F)F. The predicted octanol–water partition coefficient (Wildman–Crippen LogP) is 4.50. The first-order valence-electron chi connectivity index (χ1n) is 9.74. The second-order valence-electron chi connectivity index (χ2n) is 7.06. The summed E-state index contributed by atoms with van der Waals surface area (Å²) < 4.78 is 63.7. The molecule has 1 aliphatic rings. The van der Waals surface area contributed by atoms with E-state index >= 15 is 0 Å². The quantitative estimate of drug-likeness (QED) is 0.582.